The molecule has 98 valence electrons. The Morgan fingerprint density at radius 2 is 1.95 bits per heavy atom. The number of benzene rings is 1. The molecule has 0 fully saturated rings. The van der Waals surface area contributed by atoms with Crippen molar-refractivity contribution in [2.75, 3.05) is 7.05 Å². The van der Waals surface area contributed by atoms with E-state index in [1.807, 2.05) is 23.6 Å². The van der Waals surface area contributed by atoms with Gasteiger partial charge in [0.2, 0.25) is 10.0 Å². The van der Waals surface area contributed by atoms with Gasteiger partial charge in [-0.1, -0.05) is 6.07 Å². The summed E-state index contributed by atoms with van der Waals surface area (Å²) >= 11 is 1.52. The molecule has 0 amide bonds. The molecule has 0 bridgehead atoms. The molecule has 2 rings (SSSR count). The Kier molecular flexibility index (Phi) is 4.00. The topological polar surface area (TPSA) is 61.2 Å². The number of hydrogen-bond acceptors (Lipinski definition) is 4. The molecule has 0 aliphatic carbocycles. The van der Waals surface area contributed by atoms with E-state index >= 15 is 0 Å². The number of hydrogen-bond donors (Lipinski definition) is 0. The SMILES string of the molecule is CN(Cc1cccs1)S(=O)(=O)c1ccc(C#N)cc1. The minimum absolute atomic E-state index is 0.200. The highest BCUT2D eigenvalue weighted by Crippen LogP contribution is 2.19. The third kappa shape index (κ3) is 3.01. The van der Waals surface area contributed by atoms with Gasteiger partial charge in [-0.2, -0.15) is 9.57 Å². The summed E-state index contributed by atoms with van der Waals surface area (Å²) in [6.45, 7) is 0.347. The smallest absolute Gasteiger partial charge is 0.207 e. The quantitative estimate of drug-likeness (QED) is 0.869. The van der Waals surface area contributed by atoms with E-state index in [4.69, 9.17) is 5.26 Å². The van der Waals surface area contributed by atoms with Crippen LogP contribution in [-0.2, 0) is 16.6 Å². The first-order valence-electron chi connectivity index (χ1n) is 5.53. The van der Waals surface area contributed by atoms with Crippen molar-refractivity contribution in [2.45, 2.75) is 11.4 Å². The summed E-state index contributed by atoms with van der Waals surface area (Å²) in [5.41, 5.74) is 0.444. The summed E-state index contributed by atoms with van der Waals surface area (Å²) in [6.07, 6.45) is 0. The fraction of sp³-hybridized carbons (Fsp3) is 0.154. The summed E-state index contributed by atoms with van der Waals surface area (Å²) in [7, 11) is -1.96. The van der Waals surface area contributed by atoms with E-state index in [0.717, 1.165) is 4.88 Å². The molecule has 2 aromatic rings. The zero-order chi connectivity index (χ0) is 13.9. The molecule has 0 atom stereocenters. The molecular formula is C13H12N2O2S2. The molecular weight excluding hydrogens is 280 g/mol. The van der Waals surface area contributed by atoms with Crippen LogP contribution >= 0.6 is 11.3 Å². The maximum absolute atomic E-state index is 12.3. The van der Waals surface area contributed by atoms with E-state index in [-0.39, 0.29) is 4.90 Å². The highest BCUT2D eigenvalue weighted by atomic mass is 32.2. The summed E-state index contributed by atoms with van der Waals surface area (Å²) in [5.74, 6) is 0. The van der Waals surface area contributed by atoms with Crippen LogP contribution in [0, 0.1) is 11.3 Å². The predicted octanol–water partition coefficient (Wildman–Crippen LogP) is 2.44. The van der Waals surface area contributed by atoms with Gasteiger partial charge in [0.25, 0.3) is 0 Å². The van der Waals surface area contributed by atoms with E-state index in [0.29, 0.717) is 12.1 Å². The summed E-state index contributed by atoms with van der Waals surface area (Å²) in [5, 5.41) is 10.6. The van der Waals surface area contributed by atoms with Crippen LogP contribution in [-0.4, -0.2) is 19.8 Å². The lowest BCUT2D eigenvalue weighted by molar-refractivity contribution is 0.469. The number of sulfonamides is 1. The highest BCUT2D eigenvalue weighted by Gasteiger charge is 2.20. The molecule has 1 aromatic heterocycles. The molecule has 1 heterocycles. The van der Waals surface area contributed by atoms with E-state index in [2.05, 4.69) is 0 Å². The van der Waals surface area contributed by atoms with Crippen molar-refractivity contribution >= 4 is 21.4 Å². The van der Waals surface area contributed by atoms with Gasteiger partial charge in [-0.25, -0.2) is 8.42 Å². The molecule has 0 N–H and O–H groups in total. The maximum atomic E-state index is 12.3. The average molecular weight is 292 g/mol. The molecule has 4 nitrogen and oxygen atoms in total. The van der Waals surface area contributed by atoms with Crippen LogP contribution < -0.4 is 0 Å². The zero-order valence-electron chi connectivity index (χ0n) is 10.3. The second kappa shape index (κ2) is 5.53. The molecule has 0 unspecified atom stereocenters. The molecule has 1 aromatic carbocycles. The maximum Gasteiger partial charge on any atom is 0.243 e. The lowest BCUT2D eigenvalue weighted by atomic mass is 10.2. The van der Waals surface area contributed by atoms with Gasteiger partial charge in [0.15, 0.2) is 0 Å². The van der Waals surface area contributed by atoms with Crippen molar-refractivity contribution in [2.24, 2.45) is 0 Å². The van der Waals surface area contributed by atoms with Crippen molar-refractivity contribution in [3.63, 3.8) is 0 Å². The monoisotopic (exact) mass is 292 g/mol. The Morgan fingerprint density at radius 3 is 2.47 bits per heavy atom. The molecule has 0 radical (unpaired) electrons. The Bertz CT molecular complexity index is 683. The fourth-order valence-electron chi connectivity index (χ4n) is 1.59. The molecule has 0 saturated heterocycles. The highest BCUT2D eigenvalue weighted by molar-refractivity contribution is 7.89. The van der Waals surface area contributed by atoms with Gasteiger partial charge < -0.3 is 0 Å². The minimum atomic E-state index is -3.51. The Morgan fingerprint density at radius 1 is 1.26 bits per heavy atom. The fourth-order valence-corrected chi connectivity index (χ4v) is 3.58. The van der Waals surface area contributed by atoms with Gasteiger partial charge in [-0.15, -0.1) is 11.3 Å². The third-order valence-electron chi connectivity index (χ3n) is 2.65. The van der Waals surface area contributed by atoms with E-state index in [9.17, 15) is 8.42 Å². The second-order valence-corrected chi connectivity index (χ2v) is 7.05. The molecule has 0 aliphatic heterocycles. The second-order valence-electron chi connectivity index (χ2n) is 3.98. The van der Waals surface area contributed by atoms with Crippen LogP contribution in [0.15, 0.2) is 46.7 Å². The number of nitrogens with zero attached hydrogens (tertiary/aromatic N) is 2. The van der Waals surface area contributed by atoms with Crippen molar-refractivity contribution in [3.05, 3.63) is 52.2 Å². The van der Waals surface area contributed by atoms with Crippen LogP contribution in [0.25, 0.3) is 0 Å². The van der Waals surface area contributed by atoms with Crippen molar-refractivity contribution < 1.29 is 8.42 Å². The van der Waals surface area contributed by atoms with Crippen molar-refractivity contribution in [3.8, 4) is 6.07 Å². The van der Waals surface area contributed by atoms with E-state index in [1.54, 1.807) is 7.05 Å². The van der Waals surface area contributed by atoms with Gasteiger partial charge in [0.05, 0.1) is 16.5 Å². The summed E-state index contributed by atoms with van der Waals surface area (Å²) in [4.78, 5) is 1.19. The zero-order valence-corrected chi connectivity index (χ0v) is 11.9. The molecule has 19 heavy (non-hydrogen) atoms. The first-order valence-corrected chi connectivity index (χ1v) is 7.85. The number of rotatable bonds is 4. The third-order valence-corrected chi connectivity index (χ3v) is 5.33. The first kappa shape index (κ1) is 13.7. The number of thiophene rings is 1. The van der Waals surface area contributed by atoms with Crippen molar-refractivity contribution in [1.82, 2.24) is 4.31 Å². The first-order chi connectivity index (χ1) is 9.04. The minimum Gasteiger partial charge on any atom is -0.207 e. The van der Waals surface area contributed by atoms with Gasteiger partial charge >= 0.3 is 0 Å². The van der Waals surface area contributed by atoms with Crippen LogP contribution in [0.1, 0.15) is 10.4 Å². The van der Waals surface area contributed by atoms with Crippen LogP contribution in [0.3, 0.4) is 0 Å². The lowest BCUT2D eigenvalue weighted by Crippen LogP contribution is -2.26. The molecule has 0 aliphatic rings. The molecule has 6 heteroatoms. The van der Waals surface area contributed by atoms with E-state index < -0.39 is 10.0 Å². The Hall–Kier alpha value is -1.68. The Balaban J connectivity index is 2.23. The van der Waals surface area contributed by atoms with Gasteiger partial charge in [-0.3, -0.25) is 0 Å². The van der Waals surface area contributed by atoms with Crippen LogP contribution in [0.4, 0.5) is 0 Å². The van der Waals surface area contributed by atoms with Gasteiger partial charge in [0.1, 0.15) is 0 Å². The number of nitriles is 1. The molecule has 0 spiro atoms. The van der Waals surface area contributed by atoms with Gasteiger partial charge in [0, 0.05) is 18.5 Å². The Labute approximate surface area is 116 Å². The average Bonchev–Trinajstić information content (AvgIpc) is 2.91. The lowest BCUT2D eigenvalue weighted by Gasteiger charge is -2.16. The standard InChI is InChI=1S/C13H12N2O2S2/c1-15(10-12-3-2-8-18-12)19(16,17)13-6-4-11(9-14)5-7-13/h2-8H,10H2,1H3. The summed E-state index contributed by atoms with van der Waals surface area (Å²) in [6, 6.07) is 11.7. The van der Waals surface area contributed by atoms with Crippen LogP contribution in [0.2, 0.25) is 0 Å². The van der Waals surface area contributed by atoms with E-state index in [1.165, 1.54) is 39.9 Å². The normalized spacial score (nSPS) is 11.4. The summed E-state index contributed by atoms with van der Waals surface area (Å²) < 4.78 is 25.9. The van der Waals surface area contributed by atoms with Gasteiger partial charge in [-0.05, 0) is 35.7 Å². The van der Waals surface area contributed by atoms with Crippen molar-refractivity contribution in [1.29, 1.82) is 5.26 Å². The predicted molar refractivity (Wildman–Crippen MR) is 74.1 cm³/mol. The van der Waals surface area contributed by atoms with Crippen LogP contribution in [0.5, 0.6) is 0 Å². The largest absolute Gasteiger partial charge is 0.243 e. The molecule has 0 saturated carbocycles.